The third-order valence-corrected chi connectivity index (χ3v) is 12.2. The summed E-state index contributed by atoms with van der Waals surface area (Å²) in [5.74, 6) is 0. The van der Waals surface area contributed by atoms with Crippen LogP contribution in [0.4, 0.5) is 0 Å². The predicted molar refractivity (Wildman–Crippen MR) is 70.3 cm³/mol. The molecule has 0 spiro atoms. The molecule has 0 aliphatic carbocycles. The Hall–Kier alpha value is 0.868. The van der Waals surface area contributed by atoms with E-state index in [-0.39, 0.29) is 0 Å². The average molecular weight is 221 g/mol. The van der Waals surface area contributed by atoms with Crippen LogP contribution < -0.4 is 0 Å². The van der Waals surface area contributed by atoms with Crippen LogP contribution in [0, 0.1) is 0 Å². The van der Waals surface area contributed by atoms with Crippen LogP contribution >= 0.6 is 0 Å². The molecule has 0 rings (SSSR count). The van der Waals surface area contributed by atoms with E-state index in [4.69, 9.17) is 0 Å². The lowest BCUT2D eigenvalue weighted by Gasteiger charge is -2.28. The van der Waals surface area contributed by atoms with E-state index in [1.165, 1.54) is 10.2 Å². The first-order chi connectivity index (χ1) is 5.18. The van der Waals surface area contributed by atoms with Gasteiger partial charge in [-0.3, -0.25) is 0 Å². The molecular formula is C7H24Si4. The number of hydrogen-bond donors (Lipinski definition) is 0. The lowest BCUT2D eigenvalue weighted by atomic mass is 10.2. The summed E-state index contributed by atoms with van der Waals surface area (Å²) in [4.78, 5) is 0. The summed E-state index contributed by atoms with van der Waals surface area (Å²) in [6.07, 6.45) is 0. The summed E-state index contributed by atoms with van der Waals surface area (Å²) in [6.45, 7) is 7.46. The SMILES string of the molecule is C[SiH2]CC([SiH3])(C[SiH2]C)C[SiH2]C. The van der Waals surface area contributed by atoms with E-state index in [0.29, 0.717) is 28.6 Å². The molecule has 0 bridgehead atoms. The molecule has 0 saturated heterocycles. The lowest BCUT2D eigenvalue weighted by Crippen LogP contribution is -2.16. The van der Waals surface area contributed by atoms with E-state index in [1.807, 2.05) is 0 Å². The van der Waals surface area contributed by atoms with Gasteiger partial charge in [-0.1, -0.05) is 42.8 Å². The monoisotopic (exact) mass is 220 g/mol. The van der Waals surface area contributed by atoms with Gasteiger partial charge >= 0.3 is 0 Å². The van der Waals surface area contributed by atoms with Gasteiger partial charge in [-0.25, -0.2) is 0 Å². The summed E-state index contributed by atoms with van der Waals surface area (Å²) in [5.41, 5.74) is 0. The fraction of sp³-hybridized carbons (Fsp3) is 1.00. The molecule has 0 radical (unpaired) electrons. The van der Waals surface area contributed by atoms with Gasteiger partial charge in [0.25, 0.3) is 0 Å². The largest absolute Gasteiger partial charge is 0.0748 e. The number of rotatable bonds is 6. The average Bonchev–Trinajstić information content (AvgIpc) is 1.88. The third-order valence-electron chi connectivity index (χ3n) is 2.56. The molecule has 0 nitrogen and oxygen atoms in total. The van der Waals surface area contributed by atoms with Gasteiger partial charge < -0.3 is 0 Å². The van der Waals surface area contributed by atoms with Crippen molar-refractivity contribution in [3.8, 4) is 0 Å². The molecule has 0 saturated carbocycles. The molecule has 0 heterocycles. The third kappa shape index (κ3) is 5.16. The van der Waals surface area contributed by atoms with Crippen LogP contribution in [-0.4, -0.2) is 38.8 Å². The Morgan fingerprint density at radius 3 is 1.36 bits per heavy atom. The fourth-order valence-corrected chi connectivity index (χ4v) is 13.3. The Morgan fingerprint density at radius 1 is 0.909 bits per heavy atom. The van der Waals surface area contributed by atoms with Gasteiger partial charge in [0.15, 0.2) is 0 Å². The highest BCUT2D eigenvalue weighted by Gasteiger charge is 2.20. The molecule has 0 fully saturated rings. The first kappa shape index (κ1) is 11.9. The first-order valence-electron chi connectivity index (χ1n) is 5.18. The second-order valence-electron chi connectivity index (χ2n) is 4.06. The summed E-state index contributed by atoms with van der Waals surface area (Å²) >= 11 is 0. The van der Waals surface area contributed by atoms with Crippen LogP contribution in [0.1, 0.15) is 0 Å². The maximum Gasteiger partial charge on any atom is 0.0168 e. The van der Waals surface area contributed by atoms with E-state index >= 15 is 0 Å². The smallest absolute Gasteiger partial charge is 0.0168 e. The minimum Gasteiger partial charge on any atom is -0.0748 e. The normalized spacial score (nSPS) is 19.9. The summed E-state index contributed by atoms with van der Waals surface area (Å²) in [7, 11) is 2.55. The van der Waals surface area contributed by atoms with Crippen molar-refractivity contribution in [1.82, 2.24) is 0 Å². The molecule has 0 aromatic carbocycles. The zero-order valence-corrected chi connectivity index (χ0v) is 15.0. The van der Waals surface area contributed by atoms with Crippen molar-refractivity contribution in [2.24, 2.45) is 0 Å². The van der Waals surface area contributed by atoms with Crippen molar-refractivity contribution in [2.45, 2.75) is 42.8 Å². The van der Waals surface area contributed by atoms with Crippen molar-refractivity contribution in [3.63, 3.8) is 0 Å². The Labute approximate surface area is 81.8 Å². The molecule has 0 aromatic heterocycles. The van der Waals surface area contributed by atoms with Crippen molar-refractivity contribution in [3.05, 3.63) is 0 Å². The van der Waals surface area contributed by atoms with Crippen LogP contribution in [0.15, 0.2) is 0 Å². The van der Waals surface area contributed by atoms with Crippen LogP contribution in [-0.2, 0) is 0 Å². The predicted octanol–water partition coefficient (Wildman–Crippen LogP) is -0.584. The minimum absolute atomic E-state index is 0.348. The first-order valence-corrected chi connectivity index (χ1v) is 13.4. The Bertz CT molecular complexity index is 77.4. The van der Waals surface area contributed by atoms with Gasteiger partial charge in [0.1, 0.15) is 0 Å². The molecular weight excluding hydrogens is 196 g/mol. The maximum absolute atomic E-state index is 2.49. The van der Waals surface area contributed by atoms with Gasteiger partial charge in [0.05, 0.1) is 0 Å². The Morgan fingerprint density at radius 2 is 1.18 bits per heavy atom. The van der Waals surface area contributed by atoms with E-state index in [1.54, 1.807) is 18.1 Å². The van der Waals surface area contributed by atoms with Crippen molar-refractivity contribution < 1.29 is 0 Å². The molecule has 0 aliphatic heterocycles. The van der Waals surface area contributed by atoms with Crippen molar-refractivity contribution >= 4 is 38.8 Å². The van der Waals surface area contributed by atoms with E-state index in [9.17, 15) is 0 Å². The van der Waals surface area contributed by atoms with Gasteiger partial charge in [-0.05, 0) is 0 Å². The van der Waals surface area contributed by atoms with Crippen LogP contribution in [0.25, 0.3) is 0 Å². The van der Waals surface area contributed by atoms with Crippen LogP contribution in [0.2, 0.25) is 42.8 Å². The molecule has 68 valence electrons. The second kappa shape index (κ2) is 6.39. The van der Waals surface area contributed by atoms with Gasteiger partial charge in [0, 0.05) is 38.8 Å². The summed E-state index contributed by atoms with van der Waals surface area (Å²) in [5, 5.41) is 0.975. The number of hydrogen-bond acceptors (Lipinski definition) is 0. The fourth-order valence-electron chi connectivity index (χ4n) is 2.19. The molecule has 0 aromatic rings. The molecule has 0 aliphatic rings. The van der Waals surface area contributed by atoms with Gasteiger partial charge in [-0.15, -0.1) is 0 Å². The van der Waals surface area contributed by atoms with Crippen LogP contribution in [0.5, 0.6) is 0 Å². The summed E-state index contributed by atoms with van der Waals surface area (Å²) < 4.78 is 0. The molecule has 0 unspecified atom stereocenters. The molecule has 11 heavy (non-hydrogen) atoms. The zero-order valence-electron chi connectivity index (χ0n) is 8.74. The highest BCUT2D eigenvalue weighted by molar-refractivity contribution is 6.44. The Kier molecular flexibility index (Phi) is 6.89. The maximum atomic E-state index is 2.49. The van der Waals surface area contributed by atoms with E-state index in [2.05, 4.69) is 19.6 Å². The molecule has 4 heteroatoms. The molecule has 0 N–H and O–H groups in total. The van der Waals surface area contributed by atoms with Crippen molar-refractivity contribution in [2.75, 3.05) is 0 Å². The van der Waals surface area contributed by atoms with Crippen molar-refractivity contribution in [1.29, 1.82) is 0 Å². The Balaban J connectivity index is 3.79. The van der Waals surface area contributed by atoms with Gasteiger partial charge in [0.2, 0.25) is 0 Å². The zero-order chi connectivity index (χ0) is 8.74. The molecule has 0 atom stereocenters. The topological polar surface area (TPSA) is 0 Å². The standard InChI is InChI=1S/C7H24Si4/c1-9-4-7(8,5-10-2)6-11-3/h4-6,9-11H2,1-3,8H3. The van der Waals surface area contributed by atoms with E-state index in [0.717, 1.165) is 5.04 Å². The van der Waals surface area contributed by atoms with E-state index < -0.39 is 0 Å². The highest BCUT2D eigenvalue weighted by atomic mass is 28.2. The summed E-state index contributed by atoms with van der Waals surface area (Å²) in [6, 6.07) is 5.04. The highest BCUT2D eigenvalue weighted by Crippen LogP contribution is 2.36. The minimum atomic E-state index is 0.348. The lowest BCUT2D eigenvalue weighted by molar-refractivity contribution is 0.751. The molecule has 0 amide bonds. The quantitative estimate of drug-likeness (QED) is 0.526. The van der Waals surface area contributed by atoms with Crippen LogP contribution in [0.3, 0.4) is 0 Å². The second-order valence-corrected chi connectivity index (χ2v) is 10.7. The van der Waals surface area contributed by atoms with Gasteiger partial charge in [-0.2, -0.15) is 0 Å².